The van der Waals surface area contributed by atoms with Crippen molar-refractivity contribution in [1.29, 1.82) is 5.26 Å². The third kappa shape index (κ3) is 5.60. The Balaban J connectivity index is 2.80. The first-order valence-corrected chi connectivity index (χ1v) is 7.66. The van der Waals surface area contributed by atoms with E-state index in [4.69, 9.17) is 5.26 Å². The SMILES string of the molecule is CC1=C(\C=C/C(C)=C\C=C/C(C)=C\C#N)C(C)(C)CCC1. The van der Waals surface area contributed by atoms with Gasteiger partial charge in [0.05, 0.1) is 6.07 Å². The molecule has 1 aliphatic rings. The molecule has 0 fully saturated rings. The van der Waals surface area contributed by atoms with Crippen LogP contribution in [0, 0.1) is 16.7 Å². The van der Waals surface area contributed by atoms with Crippen LogP contribution in [-0.4, -0.2) is 0 Å². The molecule has 0 aliphatic heterocycles. The fourth-order valence-electron chi connectivity index (χ4n) is 2.78. The average molecular weight is 281 g/mol. The van der Waals surface area contributed by atoms with Gasteiger partial charge >= 0.3 is 0 Å². The van der Waals surface area contributed by atoms with Gasteiger partial charge in [-0.3, -0.25) is 0 Å². The number of nitrogens with zero attached hydrogens (tertiary/aromatic N) is 1. The summed E-state index contributed by atoms with van der Waals surface area (Å²) in [6, 6.07) is 2.03. The van der Waals surface area contributed by atoms with Crippen LogP contribution in [0.4, 0.5) is 0 Å². The van der Waals surface area contributed by atoms with Gasteiger partial charge in [0.15, 0.2) is 0 Å². The van der Waals surface area contributed by atoms with E-state index in [1.807, 2.05) is 25.1 Å². The maximum atomic E-state index is 8.56. The standard InChI is InChI=1S/C20H27N/c1-16(8-6-9-17(2)13-15-21)11-12-19-18(3)10-7-14-20(19,4)5/h6,8-9,11-13H,7,10,14H2,1-5H3/b9-6-,12-11-,16-8-,17-13-. The van der Waals surface area contributed by atoms with Crippen LogP contribution in [0.25, 0.3) is 0 Å². The highest BCUT2D eigenvalue weighted by Crippen LogP contribution is 2.40. The van der Waals surface area contributed by atoms with E-state index in [9.17, 15) is 0 Å². The Morgan fingerprint density at radius 3 is 2.52 bits per heavy atom. The Kier molecular flexibility index (Phi) is 6.43. The second kappa shape index (κ2) is 7.84. The van der Waals surface area contributed by atoms with Crippen molar-refractivity contribution in [2.75, 3.05) is 0 Å². The van der Waals surface area contributed by atoms with Crippen molar-refractivity contribution in [2.45, 2.75) is 53.9 Å². The Bertz CT molecular complexity index is 557. The molecule has 0 saturated heterocycles. The summed E-state index contributed by atoms with van der Waals surface area (Å²) in [7, 11) is 0. The van der Waals surface area contributed by atoms with Gasteiger partial charge in [0.2, 0.25) is 0 Å². The van der Waals surface area contributed by atoms with Crippen LogP contribution < -0.4 is 0 Å². The van der Waals surface area contributed by atoms with Gasteiger partial charge in [-0.2, -0.15) is 5.26 Å². The molecule has 0 atom stereocenters. The van der Waals surface area contributed by atoms with Crippen molar-refractivity contribution in [2.24, 2.45) is 5.41 Å². The Labute approximate surface area is 130 Å². The van der Waals surface area contributed by atoms with E-state index in [2.05, 4.69) is 45.9 Å². The molecule has 0 radical (unpaired) electrons. The maximum absolute atomic E-state index is 8.56. The third-order valence-corrected chi connectivity index (χ3v) is 4.07. The third-order valence-electron chi connectivity index (χ3n) is 4.07. The maximum Gasteiger partial charge on any atom is 0.0914 e. The van der Waals surface area contributed by atoms with E-state index in [1.54, 1.807) is 6.08 Å². The molecule has 0 amide bonds. The van der Waals surface area contributed by atoms with E-state index < -0.39 is 0 Å². The summed E-state index contributed by atoms with van der Waals surface area (Å²) in [6.45, 7) is 11.0. The monoisotopic (exact) mass is 281 g/mol. The predicted octanol–water partition coefficient (Wildman–Crippen LogP) is 6.04. The zero-order valence-corrected chi connectivity index (χ0v) is 14.0. The highest BCUT2D eigenvalue weighted by molar-refractivity contribution is 5.37. The lowest BCUT2D eigenvalue weighted by Gasteiger charge is -2.32. The van der Waals surface area contributed by atoms with Crippen molar-refractivity contribution >= 4 is 0 Å². The molecular weight excluding hydrogens is 254 g/mol. The van der Waals surface area contributed by atoms with E-state index in [-0.39, 0.29) is 0 Å². The summed E-state index contributed by atoms with van der Waals surface area (Å²) in [4.78, 5) is 0. The molecule has 112 valence electrons. The lowest BCUT2D eigenvalue weighted by Crippen LogP contribution is -2.19. The van der Waals surface area contributed by atoms with Crippen molar-refractivity contribution in [3.05, 3.63) is 58.7 Å². The van der Waals surface area contributed by atoms with E-state index in [1.165, 1.54) is 36.0 Å². The van der Waals surface area contributed by atoms with Crippen molar-refractivity contribution in [3.63, 3.8) is 0 Å². The molecule has 0 spiro atoms. The summed E-state index contributed by atoms with van der Waals surface area (Å²) in [5.41, 5.74) is 5.50. The fourth-order valence-corrected chi connectivity index (χ4v) is 2.78. The first kappa shape index (κ1) is 17.2. The fraction of sp³-hybridized carbons (Fsp3) is 0.450. The van der Waals surface area contributed by atoms with Crippen molar-refractivity contribution < 1.29 is 0 Å². The number of hydrogen-bond donors (Lipinski definition) is 0. The predicted molar refractivity (Wildman–Crippen MR) is 91.7 cm³/mol. The molecule has 1 aliphatic carbocycles. The van der Waals surface area contributed by atoms with Gasteiger partial charge in [0, 0.05) is 6.08 Å². The number of nitriles is 1. The normalized spacial score (nSPS) is 20.4. The van der Waals surface area contributed by atoms with Gasteiger partial charge in [-0.1, -0.05) is 55.4 Å². The zero-order chi connectivity index (χ0) is 15.9. The minimum Gasteiger partial charge on any atom is -0.193 e. The summed E-state index contributed by atoms with van der Waals surface area (Å²) in [5, 5.41) is 8.56. The van der Waals surface area contributed by atoms with Crippen LogP contribution in [0.1, 0.15) is 53.9 Å². The molecule has 1 rings (SSSR count). The Morgan fingerprint density at radius 1 is 1.19 bits per heavy atom. The molecule has 0 aromatic carbocycles. The number of hydrogen-bond acceptors (Lipinski definition) is 1. The van der Waals surface area contributed by atoms with Crippen molar-refractivity contribution in [3.8, 4) is 6.07 Å². The summed E-state index contributed by atoms with van der Waals surface area (Å²) in [6.07, 6.45) is 15.9. The smallest absolute Gasteiger partial charge is 0.0914 e. The van der Waals surface area contributed by atoms with Crippen LogP contribution in [0.3, 0.4) is 0 Å². The molecule has 1 nitrogen and oxygen atoms in total. The molecule has 1 heteroatoms. The van der Waals surface area contributed by atoms with Crippen LogP contribution in [0.5, 0.6) is 0 Å². The number of rotatable bonds is 4. The molecular formula is C20H27N. The van der Waals surface area contributed by atoms with Gasteiger partial charge < -0.3 is 0 Å². The van der Waals surface area contributed by atoms with Crippen LogP contribution in [0.15, 0.2) is 58.7 Å². The van der Waals surface area contributed by atoms with Gasteiger partial charge in [0.1, 0.15) is 0 Å². The topological polar surface area (TPSA) is 23.8 Å². The molecule has 0 saturated carbocycles. The quantitative estimate of drug-likeness (QED) is 0.455. The van der Waals surface area contributed by atoms with Gasteiger partial charge in [-0.25, -0.2) is 0 Å². The van der Waals surface area contributed by atoms with E-state index in [0.29, 0.717) is 5.41 Å². The summed E-state index contributed by atoms with van der Waals surface area (Å²) in [5.74, 6) is 0. The van der Waals surface area contributed by atoms with Crippen LogP contribution in [-0.2, 0) is 0 Å². The van der Waals surface area contributed by atoms with Crippen LogP contribution >= 0.6 is 0 Å². The highest BCUT2D eigenvalue weighted by atomic mass is 14.3. The van der Waals surface area contributed by atoms with Gasteiger partial charge in [0.25, 0.3) is 0 Å². The molecule has 21 heavy (non-hydrogen) atoms. The average Bonchev–Trinajstić information content (AvgIpc) is 2.37. The van der Waals surface area contributed by atoms with Crippen molar-refractivity contribution in [1.82, 2.24) is 0 Å². The van der Waals surface area contributed by atoms with E-state index >= 15 is 0 Å². The second-order valence-corrected chi connectivity index (χ2v) is 6.55. The van der Waals surface area contributed by atoms with Crippen LogP contribution in [0.2, 0.25) is 0 Å². The molecule has 0 heterocycles. The Hall–Kier alpha value is -1.81. The molecule has 0 N–H and O–H groups in total. The zero-order valence-electron chi connectivity index (χ0n) is 14.0. The largest absolute Gasteiger partial charge is 0.193 e. The lowest BCUT2D eigenvalue weighted by atomic mass is 9.72. The number of allylic oxidation sites excluding steroid dienone is 10. The van der Waals surface area contributed by atoms with Gasteiger partial charge in [-0.05, 0) is 56.6 Å². The minimum absolute atomic E-state index is 0.293. The minimum atomic E-state index is 0.293. The lowest BCUT2D eigenvalue weighted by molar-refractivity contribution is 0.377. The summed E-state index contributed by atoms with van der Waals surface area (Å²) >= 11 is 0. The molecule has 0 unspecified atom stereocenters. The molecule has 0 aromatic heterocycles. The second-order valence-electron chi connectivity index (χ2n) is 6.55. The summed E-state index contributed by atoms with van der Waals surface area (Å²) < 4.78 is 0. The van der Waals surface area contributed by atoms with Gasteiger partial charge in [-0.15, -0.1) is 0 Å². The first-order valence-electron chi connectivity index (χ1n) is 7.66. The Morgan fingerprint density at radius 2 is 1.90 bits per heavy atom. The van der Waals surface area contributed by atoms with E-state index in [0.717, 1.165) is 5.57 Å². The molecule has 0 aromatic rings. The highest BCUT2D eigenvalue weighted by Gasteiger charge is 2.26. The first-order chi connectivity index (χ1) is 9.86. The molecule has 0 bridgehead atoms.